The molecule has 43 valence electrons. The van der Waals surface area contributed by atoms with Crippen LogP contribution in [0.2, 0.25) is 0 Å². The molecule has 0 heterocycles. The van der Waals surface area contributed by atoms with Gasteiger partial charge in [-0.3, -0.25) is 5.32 Å². The van der Waals surface area contributed by atoms with Crippen molar-refractivity contribution in [3.63, 3.8) is 0 Å². The topological polar surface area (TPSA) is 49.3 Å². The van der Waals surface area contributed by atoms with Crippen molar-refractivity contribution in [2.75, 3.05) is 0 Å². The van der Waals surface area contributed by atoms with E-state index in [1.807, 2.05) is 11.2 Å². The zero-order valence-electron chi connectivity index (χ0n) is 3.81. The summed E-state index contributed by atoms with van der Waals surface area (Å²) in [6.07, 6.45) is 5.28. The average Bonchev–Trinajstić information content (AvgIpc) is 1.65. The number of amides is 1. The van der Waals surface area contributed by atoms with Crippen LogP contribution in [0.5, 0.6) is 0 Å². The first-order chi connectivity index (χ1) is 3.66. The Labute approximate surface area is 60.6 Å². The van der Waals surface area contributed by atoms with Crippen molar-refractivity contribution in [2.45, 2.75) is 4.05 Å². The Balaban J connectivity index is 3.43. The zero-order chi connectivity index (χ0) is 6.57. The highest BCUT2D eigenvalue weighted by Gasteiger charge is 1.99. The highest BCUT2D eigenvalue weighted by atomic mass is 127. The van der Waals surface area contributed by atoms with Crippen LogP contribution in [0.3, 0.4) is 0 Å². The van der Waals surface area contributed by atoms with Gasteiger partial charge in [0.15, 0.2) is 0 Å². The lowest BCUT2D eigenvalue weighted by atomic mass is 10.7. The Hall–Kier alpha value is -0.440. The number of hydrogen-bond donors (Lipinski definition) is 2. The maximum Gasteiger partial charge on any atom is 0.406 e. The van der Waals surface area contributed by atoms with E-state index in [2.05, 4.69) is 0 Å². The molecule has 0 aromatic carbocycles. The SMILES string of the molecule is [C]#CC(I)NC(=O)O. The second-order valence-electron chi connectivity index (χ2n) is 0.956. The van der Waals surface area contributed by atoms with E-state index in [0.717, 1.165) is 0 Å². The van der Waals surface area contributed by atoms with Crippen LogP contribution in [0, 0.1) is 12.3 Å². The van der Waals surface area contributed by atoms with E-state index in [0.29, 0.717) is 0 Å². The summed E-state index contributed by atoms with van der Waals surface area (Å²) in [5, 5.41) is 9.97. The number of carboxylic acid groups (broad SMARTS) is 1. The van der Waals surface area contributed by atoms with Crippen molar-refractivity contribution in [3.8, 4) is 5.92 Å². The van der Waals surface area contributed by atoms with Gasteiger partial charge in [-0.25, -0.2) is 4.79 Å². The third-order valence-electron chi connectivity index (χ3n) is 0.377. The fourth-order valence-electron chi connectivity index (χ4n) is 0.144. The summed E-state index contributed by atoms with van der Waals surface area (Å²) in [7, 11) is 0. The smallest absolute Gasteiger partial charge is 0.406 e. The molecular weight excluding hydrogens is 221 g/mol. The van der Waals surface area contributed by atoms with Gasteiger partial charge < -0.3 is 5.11 Å². The van der Waals surface area contributed by atoms with Crippen molar-refractivity contribution in [2.24, 2.45) is 0 Å². The number of nitrogens with one attached hydrogen (secondary N) is 1. The predicted octanol–water partition coefficient (Wildman–Crippen LogP) is 0.605. The Morgan fingerprint density at radius 1 is 2.00 bits per heavy atom. The summed E-state index contributed by atoms with van der Waals surface area (Å²) in [6.45, 7) is 0. The van der Waals surface area contributed by atoms with Crippen LogP contribution in [-0.2, 0) is 0 Å². The summed E-state index contributed by atoms with van der Waals surface area (Å²) in [5.74, 6) is 1.94. The lowest BCUT2D eigenvalue weighted by Crippen LogP contribution is -2.26. The van der Waals surface area contributed by atoms with Crippen molar-refractivity contribution in [1.29, 1.82) is 0 Å². The second kappa shape index (κ2) is 3.55. The Kier molecular flexibility index (Phi) is 3.35. The van der Waals surface area contributed by atoms with E-state index >= 15 is 0 Å². The van der Waals surface area contributed by atoms with Crippen molar-refractivity contribution in [3.05, 3.63) is 6.42 Å². The van der Waals surface area contributed by atoms with Crippen LogP contribution >= 0.6 is 22.6 Å². The molecule has 4 heteroatoms. The highest BCUT2D eigenvalue weighted by Crippen LogP contribution is 1.90. The summed E-state index contributed by atoms with van der Waals surface area (Å²) in [6, 6.07) is 0. The summed E-state index contributed by atoms with van der Waals surface area (Å²) in [4.78, 5) is 9.73. The Morgan fingerprint density at radius 3 is 2.62 bits per heavy atom. The quantitative estimate of drug-likeness (QED) is 0.296. The summed E-state index contributed by atoms with van der Waals surface area (Å²) in [5.41, 5.74) is 0. The van der Waals surface area contributed by atoms with Gasteiger partial charge in [0, 0.05) is 0 Å². The van der Waals surface area contributed by atoms with Crippen LogP contribution in [0.15, 0.2) is 0 Å². The molecule has 0 aliphatic carbocycles. The van der Waals surface area contributed by atoms with Gasteiger partial charge in [0.2, 0.25) is 0 Å². The third kappa shape index (κ3) is 3.74. The molecule has 1 radical (unpaired) electrons. The fraction of sp³-hybridized carbons (Fsp3) is 0.250. The number of halogens is 1. The molecule has 0 aromatic rings. The zero-order valence-corrected chi connectivity index (χ0v) is 5.97. The van der Waals surface area contributed by atoms with Crippen LogP contribution in [0.1, 0.15) is 0 Å². The minimum Gasteiger partial charge on any atom is -0.465 e. The van der Waals surface area contributed by atoms with Crippen molar-refractivity contribution < 1.29 is 9.90 Å². The monoisotopic (exact) mass is 224 g/mol. The number of hydrogen-bond acceptors (Lipinski definition) is 1. The highest BCUT2D eigenvalue weighted by molar-refractivity contribution is 14.1. The molecule has 8 heavy (non-hydrogen) atoms. The maximum atomic E-state index is 9.73. The molecule has 3 nitrogen and oxygen atoms in total. The molecule has 0 aromatic heterocycles. The van der Waals surface area contributed by atoms with E-state index in [1.54, 1.807) is 22.6 Å². The van der Waals surface area contributed by atoms with E-state index in [-0.39, 0.29) is 0 Å². The summed E-state index contributed by atoms with van der Waals surface area (Å²) >= 11 is 1.73. The van der Waals surface area contributed by atoms with Crippen LogP contribution < -0.4 is 5.32 Å². The molecule has 1 atom stereocenters. The Morgan fingerprint density at radius 2 is 2.50 bits per heavy atom. The number of rotatable bonds is 1. The van der Waals surface area contributed by atoms with Crippen LogP contribution in [0.25, 0.3) is 0 Å². The molecule has 0 bridgehead atoms. The fourth-order valence-corrected chi connectivity index (χ4v) is 0.411. The van der Waals surface area contributed by atoms with E-state index in [9.17, 15) is 4.79 Å². The first-order valence-electron chi connectivity index (χ1n) is 1.72. The van der Waals surface area contributed by atoms with Gasteiger partial charge in [-0.1, -0.05) is 5.92 Å². The molecule has 2 N–H and O–H groups in total. The number of carbonyl (C=O) groups is 1. The van der Waals surface area contributed by atoms with E-state index < -0.39 is 10.1 Å². The van der Waals surface area contributed by atoms with Gasteiger partial charge in [-0.05, 0) is 29.0 Å². The van der Waals surface area contributed by atoms with E-state index in [1.165, 1.54) is 0 Å². The molecule has 0 saturated heterocycles. The molecule has 0 aliphatic heterocycles. The van der Waals surface area contributed by atoms with Gasteiger partial charge in [0.1, 0.15) is 4.05 Å². The van der Waals surface area contributed by atoms with Gasteiger partial charge in [-0.15, -0.1) is 0 Å². The normalized spacial score (nSPS) is 11.5. The van der Waals surface area contributed by atoms with Gasteiger partial charge in [0.25, 0.3) is 0 Å². The summed E-state index contributed by atoms with van der Waals surface area (Å²) < 4.78 is -0.537. The molecule has 0 spiro atoms. The molecular formula is C4H3INO2. The largest absolute Gasteiger partial charge is 0.465 e. The second-order valence-corrected chi connectivity index (χ2v) is 2.20. The molecule has 0 fully saturated rings. The lowest BCUT2D eigenvalue weighted by Gasteiger charge is -1.97. The van der Waals surface area contributed by atoms with Gasteiger partial charge in [-0.2, -0.15) is 0 Å². The maximum absolute atomic E-state index is 9.73. The molecule has 0 saturated carbocycles. The minimum atomic E-state index is -1.14. The van der Waals surface area contributed by atoms with Gasteiger partial charge in [0.05, 0.1) is 0 Å². The third-order valence-corrected chi connectivity index (χ3v) is 1.000. The Bertz CT molecular complexity index is 128. The molecule has 0 aliphatic rings. The first kappa shape index (κ1) is 7.56. The first-order valence-corrected chi connectivity index (χ1v) is 2.97. The van der Waals surface area contributed by atoms with Crippen LogP contribution in [0.4, 0.5) is 4.79 Å². The standard InChI is InChI=1S/C4H3INO2/c1-2-3(5)6-4(7)8/h3,6H,(H,7,8). The van der Waals surface area contributed by atoms with Crippen LogP contribution in [-0.4, -0.2) is 15.2 Å². The molecule has 1 unspecified atom stereocenters. The molecule has 1 amide bonds. The van der Waals surface area contributed by atoms with Crippen molar-refractivity contribution in [1.82, 2.24) is 5.32 Å². The van der Waals surface area contributed by atoms with Gasteiger partial charge >= 0.3 is 6.09 Å². The van der Waals surface area contributed by atoms with Crippen molar-refractivity contribution >= 4 is 28.7 Å². The average molecular weight is 224 g/mol. The minimum absolute atomic E-state index is 0.537. The van der Waals surface area contributed by atoms with E-state index in [4.69, 9.17) is 11.5 Å². The molecule has 0 rings (SSSR count). The lowest BCUT2D eigenvalue weighted by molar-refractivity contribution is 0.195. The predicted molar refractivity (Wildman–Crippen MR) is 36.1 cm³/mol. The number of alkyl halides is 1.